The molecule has 10 nitrogen and oxygen atoms in total. The number of carbonyl (C=O) groups excluding carboxylic acids is 1. The molecule has 4 aromatic rings. The summed E-state index contributed by atoms with van der Waals surface area (Å²) in [5, 5.41) is 22.7. The maximum atomic E-state index is 15.3. The van der Waals surface area contributed by atoms with Crippen molar-refractivity contribution >= 4 is 52.3 Å². The van der Waals surface area contributed by atoms with Gasteiger partial charge in [-0.3, -0.25) is 9.80 Å². The second-order valence-electron chi connectivity index (χ2n) is 12.1. The number of carboxylic acid groups (broad SMARTS) is 1. The number of carbonyl (C=O) groups is 2. The minimum atomic E-state index is -1.19. The third-order valence-electron chi connectivity index (χ3n) is 9.18. The summed E-state index contributed by atoms with van der Waals surface area (Å²) in [7, 11) is 3.00. The molecule has 0 radical (unpaired) electrons. The second-order valence-corrected chi connectivity index (χ2v) is 14.0. The van der Waals surface area contributed by atoms with E-state index < -0.39 is 23.8 Å². The number of aromatic carboxylic acids is 1. The molecule has 5 heterocycles. The highest BCUT2D eigenvalue weighted by Gasteiger charge is 2.38. The average molecular weight is 731 g/mol. The molecule has 2 atom stereocenters. The third-order valence-corrected chi connectivity index (χ3v) is 11.0. The predicted molar refractivity (Wildman–Crippen MR) is 184 cm³/mol. The van der Waals surface area contributed by atoms with E-state index in [2.05, 4.69) is 4.90 Å². The molecule has 1 unspecified atom stereocenters. The van der Waals surface area contributed by atoms with Crippen LogP contribution < -0.4 is 19.1 Å². The lowest BCUT2D eigenvalue weighted by atomic mass is 9.85. The van der Waals surface area contributed by atoms with Crippen LogP contribution in [0.1, 0.15) is 50.0 Å². The summed E-state index contributed by atoms with van der Waals surface area (Å²) in [4.78, 5) is 30.6. The Morgan fingerprint density at radius 2 is 1.78 bits per heavy atom. The minimum absolute atomic E-state index is 0.0103. The van der Waals surface area contributed by atoms with Crippen molar-refractivity contribution in [2.45, 2.75) is 37.8 Å². The number of hydrogen-bond donors (Lipinski definition) is 1. The monoisotopic (exact) mass is 729 g/mol. The van der Waals surface area contributed by atoms with Gasteiger partial charge in [-0.05, 0) is 79.7 Å². The molecule has 49 heavy (non-hydrogen) atoms. The highest BCUT2D eigenvalue weighted by molar-refractivity contribution is 7.14. The number of halogens is 3. The van der Waals surface area contributed by atoms with Crippen LogP contribution in [0.15, 0.2) is 60.9 Å². The number of para-hydroxylation sites is 1. The zero-order chi connectivity index (χ0) is 34.8. The highest BCUT2D eigenvalue weighted by Crippen LogP contribution is 2.41. The van der Waals surface area contributed by atoms with Crippen molar-refractivity contribution in [3.63, 3.8) is 0 Å². The van der Waals surface area contributed by atoms with Crippen LogP contribution in [0.4, 0.5) is 14.9 Å². The number of aromatic nitrogens is 1. The van der Waals surface area contributed by atoms with Crippen molar-refractivity contribution in [1.29, 1.82) is 0 Å². The number of amides is 1. The number of fused-ring (bicyclic) bond motifs is 3. The second kappa shape index (κ2) is 14.8. The molecule has 0 aliphatic carbocycles. The number of benzene rings is 2. The number of rotatable bonds is 11. The van der Waals surface area contributed by atoms with Crippen LogP contribution in [0.2, 0.25) is 10.0 Å². The van der Waals surface area contributed by atoms with E-state index in [1.165, 1.54) is 49.7 Å². The normalized spacial score (nSPS) is 18.9. The van der Waals surface area contributed by atoms with Gasteiger partial charge in [-0.25, -0.2) is 14.0 Å². The van der Waals surface area contributed by atoms with Crippen LogP contribution in [0.25, 0.3) is 0 Å². The number of nitrogens with zero attached hydrogens (tertiary/aromatic N) is 3. The maximum absolute atomic E-state index is 15.3. The Labute approximate surface area is 296 Å². The number of hydrogen-bond acceptors (Lipinski definition) is 8. The molecule has 0 saturated carbocycles. The summed E-state index contributed by atoms with van der Waals surface area (Å²) < 4.78 is 32.7. The molecule has 2 bridgehead atoms. The first-order valence-corrected chi connectivity index (χ1v) is 17.2. The van der Waals surface area contributed by atoms with Gasteiger partial charge in [0.25, 0.3) is 0 Å². The molecule has 1 amide bonds. The van der Waals surface area contributed by atoms with Crippen molar-refractivity contribution < 1.29 is 38.0 Å². The Balaban J connectivity index is 1.41. The number of pyridine rings is 1. The molecule has 1 N–H and O–H groups in total. The molecule has 3 aliphatic heterocycles. The lowest BCUT2D eigenvalue weighted by molar-refractivity contribution is -0.605. The van der Waals surface area contributed by atoms with Crippen molar-refractivity contribution in [3.8, 4) is 11.5 Å². The fourth-order valence-electron chi connectivity index (χ4n) is 6.68. The summed E-state index contributed by atoms with van der Waals surface area (Å²) in [6, 6.07) is 12.8. The van der Waals surface area contributed by atoms with Gasteiger partial charge in [-0.2, -0.15) is 4.73 Å². The summed E-state index contributed by atoms with van der Waals surface area (Å²) in [5.41, 5.74) is 1.52. The van der Waals surface area contributed by atoms with E-state index >= 15 is 4.39 Å². The Morgan fingerprint density at radius 3 is 2.39 bits per heavy atom. The Bertz CT molecular complexity index is 1840. The molecular formula is C35H34Cl2FN3O7S. The topological polar surface area (TPSA) is 115 Å². The third kappa shape index (κ3) is 7.42. The number of carboxylic acids is 1. The van der Waals surface area contributed by atoms with Gasteiger partial charge in [0.05, 0.1) is 26.5 Å². The molecule has 14 heteroatoms. The lowest BCUT2D eigenvalue weighted by Crippen LogP contribution is -2.53. The van der Waals surface area contributed by atoms with Crippen molar-refractivity contribution in [3.05, 3.63) is 108 Å². The largest absolute Gasteiger partial charge is 0.619 e. The quantitative estimate of drug-likeness (QED) is 0.128. The number of anilines is 1. The van der Waals surface area contributed by atoms with Crippen LogP contribution in [-0.4, -0.2) is 62.0 Å². The standard InChI is InChI=1S/C35H34Cl2FN3O7S/c1-46-30-8-7-21(13-31(30)47-2)23(15-25-26(36)17-40(45)18-27(25)37)24-14-22(49-33(24)34(42)43)16-41(29-6-4-3-5-28(29)38)35(44)48-32-19-39-11-9-20(32)10-12-39/h3-8,13-14,17-18,20,23,32H,9-12,15-16,19H2,1-2H3,(H,42,43)/t23?,32-/m0/s1. The first-order valence-electron chi connectivity index (χ1n) is 15.7. The maximum Gasteiger partial charge on any atom is 0.415 e. The van der Waals surface area contributed by atoms with Gasteiger partial charge in [-0.15, -0.1) is 11.3 Å². The number of methoxy groups -OCH3 is 2. The Kier molecular flexibility index (Phi) is 10.5. The fraction of sp³-hybridized carbons (Fsp3) is 0.343. The Morgan fingerprint density at radius 1 is 1.08 bits per heavy atom. The SMILES string of the molecule is COc1ccc(C(Cc2c(Cl)c[n+]([O-])cc2Cl)c2cc(CN(C(=O)O[C@H]3CN4CCC3CC4)c3ccccc3F)sc2C(=O)O)cc1OC. The first kappa shape index (κ1) is 34.8. The van der Waals surface area contributed by atoms with E-state index in [9.17, 15) is 19.9 Å². The molecule has 7 rings (SSSR count). The average Bonchev–Trinajstić information content (AvgIpc) is 3.51. The van der Waals surface area contributed by atoms with E-state index in [4.69, 9.17) is 37.4 Å². The van der Waals surface area contributed by atoms with Gasteiger partial charge >= 0.3 is 12.1 Å². The van der Waals surface area contributed by atoms with Gasteiger partial charge < -0.3 is 24.5 Å². The summed E-state index contributed by atoms with van der Waals surface area (Å²) >= 11 is 14.0. The van der Waals surface area contributed by atoms with E-state index in [0.29, 0.717) is 44.3 Å². The van der Waals surface area contributed by atoms with Gasteiger partial charge in [-0.1, -0.05) is 41.4 Å². The molecule has 2 aromatic carbocycles. The molecular weight excluding hydrogens is 696 g/mol. The number of ether oxygens (including phenoxy) is 3. The van der Waals surface area contributed by atoms with Crippen LogP contribution in [-0.2, 0) is 17.7 Å². The van der Waals surface area contributed by atoms with Gasteiger partial charge in [0, 0.05) is 22.9 Å². The smallest absolute Gasteiger partial charge is 0.415 e. The molecule has 3 fully saturated rings. The van der Waals surface area contributed by atoms with Crippen LogP contribution in [0, 0.1) is 16.9 Å². The van der Waals surface area contributed by atoms with E-state index in [1.807, 2.05) is 0 Å². The molecule has 2 aromatic heterocycles. The molecule has 3 aliphatic rings. The van der Waals surface area contributed by atoms with Crippen LogP contribution >= 0.6 is 34.5 Å². The van der Waals surface area contributed by atoms with E-state index in [1.54, 1.807) is 30.3 Å². The fourth-order valence-corrected chi connectivity index (χ4v) is 8.33. The number of piperidine rings is 3. The van der Waals surface area contributed by atoms with Crippen molar-refractivity contribution in [2.75, 3.05) is 38.8 Å². The molecule has 0 spiro atoms. The zero-order valence-electron chi connectivity index (χ0n) is 26.7. The lowest BCUT2D eigenvalue weighted by Gasteiger charge is -2.44. The van der Waals surface area contributed by atoms with E-state index in [-0.39, 0.29) is 45.6 Å². The summed E-state index contributed by atoms with van der Waals surface area (Å²) in [5.74, 6) is -1.34. The summed E-state index contributed by atoms with van der Waals surface area (Å²) in [6.45, 7) is 2.40. The van der Waals surface area contributed by atoms with E-state index in [0.717, 1.165) is 37.3 Å². The highest BCUT2D eigenvalue weighted by atomic mass is 35.5. The van der Waals surface area contributed by atoms with Crippen molar-refractivity contribution in [1.82, 2.24) is 4.90 Å². The van der Waals surface area contributed by atoms with Gasteiger partial charge in [0.2, 0.25) is 0 Å². The van der Waals surface area contributed by atoms with Crippen LogP contribution in [0.3, 0.4) is 0 Å². The predicted octanol–water partition coefficient (Wildman–Crippen LogP) is 7.15. The summed E-state index contributed by atoms with van der Waals surface area (Å²) in [6.07, 6.45) is 3.30. The Hall–Kier alpha value is -4.10. The molecule has 3 saturated heterocycles. The van der Waals surface area contributed by atoms with Gasteiger partial charge in [0.1, 0.15) is 26.8 Å². The number of thiophene rings is 1. The van der Waals surface area contributed by atoms with Crippen molar-refractivity contribution in [2.24, 2.45) is 5.92 Å². The minimum Gasteiger partial charge on any atom is -0.619 e. The molecule has 258 valence electrons. The van der Waals surface area contributed by atoms with Crippen LogP contribution in [0.5, 0.6) is 11.5 Å². The van der Waals surface area contributed by atoms with Gasteiger partial charge in [0.15, 0.2) is 23.9 Å². The first-order chi connectivity index (χ1) is 23.6. The zero-order valence-corrected chi connectivity index (χ0v) is 29.1.